The van der Waals surface area contributed by atoms with Gasteiger partial charge in [-0.2, -0.15) is 5.26 Å². The van der Waals surface area contributed by atoms with Crippen LogP contribution >= 0.6 is 0 Å². The van der Waals surface area contributed by atoms with Crippen LogP contribution in [0.4, 0.5) is 17.1 Å². The zero-order valence-corrected chi connectivity index (χ0v) is 11.4. The quantitative estimate of drug-likeness (QED) is 0.795. The molecule has 1 aromatic rings. The van der Waals surface area contributed by atoms with Gasteiger partial charge in [0.15, 0.2) is 0 Å². The van der Waals surface area contributed by atoms with E-state index in [1.54, 1.807) is 0 Å². The van der Waals surface area contributed by atoms with E-state index >= 15 is 0 Å². The lowest BCUT2D eigenvalue weighted by Gasteiger charge is -2.24. The molecule has 1 rings (SSSR count). The van der Waals surface area contributed by atoms with E-state index in [0.717, 1.165) is 17.1 Å². The molecule has 0 saturated carbocycles. The van der Waals surface area contributed by atoms with Crippen molar-refractivity contribution >= 4 is 17.1 Å². The summed E-state index contributed by atoms with van der Waals surface area (Å²) in [7, 11) is 11.8. The monoisotopic (exact) mass is 232 g/mol. The maximum atomic E-state index is 9.31. The fourth-order valence-corrected chi connectivity index (χ4v) is 1.68. The van der Waals surface area contributed by atoms with Crippen molar-refractivity contribution in [1.82, 2.24) is 0 Å². The Hall–Kier alpha value is -1.89. The molecular weight excluding hydrogens is 212 g/mol. The number of nitriles is 1. The molecule has 4 heteroatoms. The summed E-state index contributed by atoms with van der Waals surface area (Å²) in [4.78, 5) is 5.98. The largest absolute Gasteiger partial charge is 0.378 e. The van der Waals surface area contributed by atoms with Gasteiger partial charge in [-0.3, -0.25) is 0 Å². The zero-order chi connectivity index (χ0) is 13.2. The second-order valence-electron chi connectivity index (χ2n) is 4.65. The molecule has 0 atom stereocenters. The van der Waals surface area contributed by atoms with Gasteiger partial charge in [-0.15, -0.1) is 0 Å². The minimum Gasteiger partial charge on any atom is -0.378 e. The first-order chi connectivity index (χ1) is 7.88. The number of rotatable bonds is 3. The molecule has 0 amide bonds. The van der Waals surface area contributed by atoms with E-state index in [2.05, 4.69) is 6.07 Å². The van der Waals surface area contributed by atoms with Crippen LogP contribution < -0.4 is 14.7 Å². The average molecular weight is 232 g/mol. The van der Waals surface area contributed by atoms with Gasteiger partial charge < -0.3 is 14.7 Å². The van der Waals surface area contributed by atoms with Gasteiger partial charge >= 0.3 is 0 Å². The normalized spacial score (nSPS) is 9.71. The second kappa shape index (κ2) is 4.96. The lowest BCUT2D eigenvalue weighted by molar-refractivity contribution is 1.07. The maximum Gasteiger partial charge on any atom is 0.104 e. The van der Waals surface area contributed by atoms with Crippen LogP contribution in [0, 0.1) is 11.3 Å². The Morgan fingerprint density at radius 1 is 0.824 bits per heavy atom. The van der Waals surface area contributed by atoms with Crippen LogP contribution in [0.1, 0.15) is 5.56 Å². The first-order valence-electron chi connectivity index (χ1n) is 5.48. The third-order valence-corrected chi connectivity index (χ3v) is 2.67. The summed E-state index contributed by atoms with van der Waals surface area (Å²) in [5.41, 5.74) is 3.70. The van der Waals surface area contributed by atoms with Crippen molar-refractivity contribution in [3.8, 4) is 6.07 Å². The van der Waals surface area contributed by atoms with E-state index in [-0.39, 0.29) is 0 Å². The Morgan fingerprint density at radius 3 is 1.47 bits per heavy atom. The van der Waals surface area contributed by atoms with Crippen molar-refractivity contribution in [2.45, 2.75) is 0 Å². The third kappa shape index (κ3) is 2.62. The number of anilines is 3. The summed E-state index contributed by atoms with van der Waals surface area (Å²) in [6, 6.07) is 6.36. The van der Waals surface area contributed by atoms with E-state index in [1.807, 2.05) is 69.1 Å². The van der Waals surface area contributed by atoms with Crippen molar-refractivity contribution in [2.24, 2.45) is 0 Å². The van der Waals surface area contributed by atoms with Crippen molar-refractivity contribution in [2.75, 3.05) is 57.0 Å². The standard InChI is InChI=1S/C13H20N4/c1-15(2)10-7-12(16(3)4)11(9-14)13(8-10)17(5)6/h7-8H,1-6H3. The van der Waals surface area contributed by atoms with Crippen LogP contribution in [-0.4, -0.2) is 42.3 Å². The molecule has 0 N–H and O–H groups in total. The van der Waals surface area contributed by atoms with E-state index in [4.69, 9.17) is 0 Å². The predicted octanol–water partition coefficient (Wildman–Crippen LogP) is 1.76. The molecule has 0 aliphatic carbocycles. The molecule has 92 valence electrons. The Balaban J connectivity index is 3.53. The van der Waals surface area contributed by atoms with E-state index in [1.165, 1.54) is 0 Å². The highest BCUT2D eigenvalue weighted by atomic mass is 15.1. The number of benzene rings is 1. The summed E-state index contributed by atoms with van der Waals surface area (Å²) >= 11 is 0. The van der Waals surface area contributed by atoms with Crippen molar-refractivity contribution in [1.29, 1.82) is 5.26 Å². The van der Waals surface area contributed by atoms with Crippen LogP contribution in [0.15, 0.2) is 12.1 Å². The number of nitrogens with zero attached hydrogens (tertiary/aromatic N) is 4. The first kappa shape index (κ1) is 13.2. The van der Waals surface area contributed by atoms with Crippen molar-refractivity contribution in [3.05, 3.63) is 17.7 Å². The molecule has 0 radical (unpaired) electrons. The predicted molar refractivity (Wildman–Crippen MR) is 74.1 cm³/mol. The number of hydrogen-bond donors (Lipinski definition) is 0. The minimum absolute atomic E-state index is 0.714. The lowest BCUT2D eigenvalue weighted by atomic mass is 10.1. The second-order valence-corrected chi connectivity index (χ2v) is 4.65. The van der Waals surface area contributed by atoms with Gasteiger partial charge in [0.25, 0.3) is 0 Å². The summed E-state index contributed by atoms with van der Waals surface area (Å²) in [5.74, 6) is 0. The summed E-state index contributed by atoms with van der Waals surface area (Å²) in [6.45, 7) is 0. The van der Waals surface area contributed by atoms with Crippen LogP contribution in [0.2, 0.25) is 0 Å². The van der Waals surface area contributed by atoms with Crippen LogP contribution in [0.25, 0.3) is 0 Å². The molecular formula is C13H20N4. The smallest absolute Gasteiger partial charge is 0.104 e. The maximum absolute atomic E-state index is 9.31. The Bertz CT molecular complexity index is 412. The van der Waals surface area contributed by atoms with Gasteiger partial charge in [0.05, 0.1) is 16.9 Å². The Labute approximate surface area is 104 Å². The van der Waals surface area contributed by atoms with Gasteiger partial charge in [-0.1, -0.05) is 0 Å². The lowest BCUT2D eigenvalue weighted by Crippen LogP contribution is -2.18. The van der Waals surface area contributed by atoms with Gasteiger partial charge in [0.2, 0.25) is 0 Å². The molecule has 17 heavy (non-hydrogen) atoms. The highest BCUT2D eigenvalue weighted by Crippen LogP contribution is 2.33. The van der Waals surface area contributed by atoms with Crippen LogP contribution in [0.5, 0.6) is 0 Å². The molecule has 0 heterocycles. The molecule has 4 nitrogen and oxygen atoms in total. The van der Waals surface area contributed by atoms with Gasteiger partial charge in [-0.05, 0) is 12.1 Å². The molecule has 0 aliphatic rings. The average Bonchev–Trinajstić information content (AvgIpc) is 2.26. The van der Waals surface area contributed by atoms with E-state index in [9.17, 15) is 5.26 Å². The molecule has 0 saturated heterocycles. The van der Waals surface area contributed by atoms with Gasteiger partial charge in [0, 0.05) is 48.0 Å². The number of hydrogen-bond acceptors (Lipinski definition) is 4. The molecule has 0 bridgehead atoms. The fourth-order valence-electron chi connectivity index (χ4n) is 1.68. The molecule has 0 aliphatic heterocycles. The van der Waals surface area contributed by atoms with Crippen molar-refractivity contribution in [3.63, 3.8) is 0 Å². The summed E-state index contributed by atoms with van der Waals surface area (Å²) < 4.78 is 0. The van der Waals surface area contributed by atoms with E-state index < -0.39 is 0 Å². The zero-order valence-electron chi connectivity index (χ0n) is 11.4. The van der Waals surface area contributed by atoms with Crippen LogP contribution in [0.3, 0.4) is 0 Å². The molecule has 1 aromatic carbocycles. The summed E-state index contributed by atoms with van der Waals surface area (Å²) in [6.07, 6.45) is 0. The Morgan fingerprint density at radius 2 is 1.24 bits per heavy atom. The minimum atomic E-state index is 0.714. The third-order valence-electron chi connectivity index (χ3n) is 2.67. The van der Waals surface area contributed by atoms with Crippen LogP contribution in [-0.2, 0) is 0 Å². The highest BCUT2D eigenvalue weighted by molar-refractivity contribution is 5.78. The molecule has 0 spiro atoms. The fraction of sp³-hybridized carbons (Fsp3) is 0.462. The highest BCUT2D eigenvalue weighted by Gasteiger charge is 2.14. The summed E-state index contributed by atoms with van der Waals surface area (Å²) in [5, 5.41) is 9.31. The van der Waals surface area contributed by atoms with Gasteiger partial charge in [-0.25, -0.2) is 0 Å². The Kier molecular flexibility index (Phi) is 3.84. The molecule has 0 aromatic heterocycles. The van der Waals surface area contributed by atoms with Gasteiger partial charge in [0.1, 0.15) is 6.07 Å². The molecule has 0 unspecified atom stereocenters. The van der Waals surface area contributed by atoms with E-state index in [0.29, 0.717) is 5.56 Å². The SMILES string of the molecule is CN(C)c1cc(N(C)C)c(C#N)c(N(C)C)c1. The first-order valence-corrected chi connectivity index (χ1v) is 5.48. The van der Waals surface area contributed by atoms with Crippen molar-refractivity contribution < 1.29 is 0 Å². The topological polar surface area (TPSA) is 33.5 Å². The molecule has 0 fully saturated rings.